The molecule has 0 aromatic rings. The number of hydrazone groups is 1. The van der Waals surface area contributed by atoms with Crippen LogP contribution in [0.1, 0.15) is 38.5 Å². The lowest BCUT2D eigenvalue weighted by molar-refractivity contribution is -0.121. The van der Waals surface area contributed by atoms with Crippen molar-refractivity contribution in [3.05, 3.63) is 0 Å². The molecule has 5 aliphatic rings. The lowest BCUT2D eigenvalue weighted by Gasteiger charge is -2.50. The van der Waals surface area contributed by atoms with E-state index in [0.717, 1.165) is 44.7 Å². The van der Waals surface area contributed by atoms with Gasteiger partial charge in [-0.1, -0.05) is 0 Å². The van der Waals surface area contributed by atoms with Gasteiger partial charge in [0.2, 0.25) is 5.91 Å². The molecule has 0 atom stereocenters. The van der Waals surface area contributed by atoms with E-state index in [0.29, 0.717) is 18.3 Å². The van der Waals surface area contributed by atoms with Crippen LogP contribution in [-0.2, 0) is 9.53 Å². The summed E-state index contributed by atoms with van der Waals surface area (Å²) in [5, 5.41) is 4.56. The van der Waals surface area contributed by atoms with Crippen molar-refractivity contribution in [2.45, 2.75) is 38.5 Å². The first-order valence-electron chi connectivity index (χ1n) is 8.94. The fraction of sp³-hybridized carbons (Fsp3) is 0.882. The van der Waals surface area contributed by atoms with Crippen LogP contribution < -0.4 is 5.43 Å². The number of carbonyl (C=O) groups is 1. The summed E-state index contributed by atoms with van der Waals surface area (Å²) in [6.07, 6.45) is 7.25. The molecule has 0 unspecified atom stereocenters. The van der Waals surface area contributed by atoms with Gasteiger partial charge in [0.05, 0.1) is 13.2 Å². The second-order valence-electron chi connectivity index (χ2n) is 7.58. The molecule has 5 nitrogen and oxygen atoms in total. The first-order valence-corrected chi connectivity index (χ1v) is 8.94. The summed E-state index contributed by atoms with van der Waals surface area (Å²) in [5.74, 6) is 3.27. The Morgan fingerprint density at radius 2 is 1.73 bits per heavy atom. The molecule has 1 saturated heterocycles. The van der Waals surface area contributed by atoms with Crippen LogP contribution >= 0.6 is 0 Å². The maximum absolute atomic E-state index is 12.0. The molecule has 1 amide bonds. The van der Waals surface area contributed by atoms with Gasteiger partial charge in [-0.2, -0.15) is 5.10 Å². The van der Waals surface area contributed by atoms with Crippen molar-refractivity contribution >= 4 is 11.6 Å². The molecule has 1 heterocycles. The molecule has 5 rings (SSSR count). The number of amides is 1. The Bertz CT molecular complexity index is 427. The van der Waals surface area contributed by atoms with Crippen molar-refractivity contribution < 1.29 is 9.53 Å². The largest absolute Gasteiger partial charge is 0.379 e. The molecule has 4 bridgehead atoms. The highest BCUT2D eigenvalue weighted by Crippen LogP contribution is 2.52. The van der Waals surface area contributed by atoms with E-state index in [2.05, 4.69) is 15.4 Å². The molecule has 1 aliphatic heterocycles. The Morgan fingerprint density at radius 3 is 2.36 bits per heavy atom. The Balaban J connectivity index is 1.27. The molecule has 0 radical (unpaired) electrons. The normalized spacial score (nSPS) is 37.4. The number of morpholine rings is 1. The monoisotopic (exact) mass is 305 g/mol. The molecular formula is C17H27N3O2. The number of ether oxygens (including phenoxy) is 1. The number of nitrogens with zero attached hydrogens (tertiary/aromatic N) is 2. The highest BCUT2D eigenvalue weighted by molar-refractivity contribution is 5.91. The second kappa shape index (κ2) is 6.28. The van der Waals surface area contributed by atoms with E-state index in [4.69, 9.17) is 4.74 Å². The number of hydrogen-bond acceptors (Lipinski definition) is 4. The van der Waals surface area contributed by atoms with E-state index in [1.807, 2.05) is 0 Å². The summed E-state index contributed by atoms with van der Waals surface area (Å²) in [6, 6.07) is 0. The highest BCUT2D eigenvalue weighted by atomic mass is 16.5. The van der Waals surface area contributed by atoms with Crippen LogP contribution in [0.3, 0.4) is 0 Å². The second-order valence-corrected chi connectivity index (χ2v) is 7.58. The van der Waals surface area contributed by atoms with Crippen molar-refractivity contribution in [1.82, 2.24) is 10.3 Å². The third-order valence-corrected chi connectivity index (χ3v) is 6.04. The molecule has 5 heteroatoms. The zero-order valence-electron chi connectivity index (χ0n) is 13.3. The summed E-state index contributed by atoms with van der Waals surface area (Å²) >= 11 is 0. The maximum Gasteiger partial charge on any atom is 0.241 e. The standard InChI is InChI=1S/C17H27N3O2/c21-16(1-2-20-3-5-22-6-4-20)18-19-17-14-8-12-7-13(10-14)11-15(17)9-12/h12-15H,1-11H2,(H,18,21). The Kier molecular flexibility index (Phi) is 4.18. The molecule has 4 aliphatic carbocycles. The number of rotatable bonds is 4. The fourth-order valence-electron chi connectivity index (χ4n) is 5.12. The fourth-order valence-corrected chi connectivity index (χ4v) is 5.12. The molecule has 0 aromatic carbocycles. The minimum atomic E-state index is 0.0628. The van der Waals surface area contributed by atoms with E-state index in [1.165, 1.54) is 37.8 Å². The maximum atomic E-state index is 12.0. The SMILES string of the molecule is O=C(CCN1CCOCC1)NN=C1C2CC3CC(C2)CC1C3. The molecule has 5 fully saturated rings. The van der Waals surface area contributed by atoms with Crippen LogP contribution in [0.4, 0.5) is 0 Å². The Morgan fingerprint density at radius 1 is 1.09 bits per heavy atom. The van der Waals surface area contributed by atoms with Crippen LogP contribution in [0.15, 0.2) is 5.10 Å². The molecule has 0 spiro atoms. The van der Waals surface area contributed by atoms with E-state index < -0.39 is 0 Å². The van der Waals surface area contributed by atoms with Crippen LogP contribution in [-0.4, -0.2) is 49.4 Å². The van der Waals surface area contributed by atoms with Crippen molar-refractivity contribution in [2.24, 2.45) is 28.8 Å². The minimum absolute atomic E-state index is 0.0628. The van der Waals surface area contributed by atoms with Gasteiger partial charge in [0.1, 0.15) is 0 Å². The van der Waals surface area contributed by atoms with Gasteiger partial charge in [-0.3, -0.25) is 9.69 Å². The molecule has 0 aromatic heterocycles. The van der Waals surface area contributed by atoms with Crippen molar-refractivity contribution in [2.75, 3.05) is 32.8 Å². The van der Waals surface area contributed by atoms with E-state index in [-0.39, 0.29) is 5.91 Å². The predicted octanol–water partition coefficient (Wildman–Crippen LogP) is 1.64. The Labute approximate surface area is 132 Å². The van der Waals surface area contributed by atoms with Gasteiger partial charge >= 0.3 is 0 Å². The smallest absolute Gasteiger partial charge is 0.241 e. The number of hydrogen-bond donors (Lipinski definition) is 1. The molecule has 1 N–H and O–H groups in total. The van der Waals surface area contributed by atoms with Crippen LogP contribution in [0, 0.1) is 23.7 Å². The summed E-state index contributed by atoms with van der Waals surface area (Å²) in [6.45, 7) is 4.27. The zero-order valence-corrected chi connectivity index (χ0v) is 13.3. The van der Waals surface area contributed by atoms with Crippen molar-refractivity contribution in [1.29, 1.82) is 0 Å². The van der Waals surface area contributed by atoms with Crippen LogP contribution in [0.2, 0.25) is 0 Å². The summed E-state index contributed by atoms with van der Waals surface area (Å²) < 4.78 is 5.32. The van der Waals surface area contributed by atoms with Crippen LogP contribution in [0.25, 0.3) is 0 Å². The predicted molar refractivity (Wildman–Crippen MR) is 84.5 cm³/mol. The topological polar surface area (TPSA) is 53.9 Å². The lowest BCUT2D eigenvalue weighted by atomic mass is 9.55. The average Bonchev–Trinajstić information content (AvgIpc) is 2.52. The summed E-state index contributed by atoms with van der Waals surface area (Å²) in [7, 11) is 0. The van der Waals surface area contributed by atoms with Gasteiger partial charge in [-0.25, -0.2) is 5.43 Å². The molecular weight excluding hydrogens is 278 g/mol. The van der Waals surface area contributed by atoms with E-state index in [1.54, 1.807) is 0 Å². The van der Waals surface area contributed by atoms with E-state index in [9.17, 15) is 4.79 Å². The van der Waals surface area contributed by atoms with Gasteiger partial charge < -0.3 is 4.74 Å². The molecule has 122 valence electrons. The zero-order chi connectivity index (χ0) is 14.9. The lowest BCUT2D eigenvalue weighted by Crippen LogP contribution is -2.46. The third-order valence-electron chi connectivity index (χ3n) is 6.04. The van der Waals surface area contributed by atoms with Crippen molar-refractivity contribution in [3.63, 3.8) is 0 Å². The van der Waals surface area contributed by atoms with Gasteiger partial charge in [-0.05, 0) is 55.8 Å². The first-order chi connectivity index (χ1) is 10.8. The summed E-state index contributed by atoms with van der Waals surface area (Å²) in [5.41, 5.74) is 4.15. The van der Waals surface area contributed by atoms with Crippen LogP contribution in [0.5, 0.6) is 0 Å². The quantitative estimate of drug-likeness (QED) is 0.803. The van der Waals surface area contributed by atoms with Gasteiger partial charge in [0, 0.05) is 31.8 Å². The molecule has 22 heavy (non-hydrogen) atoms. The number of carbonyl (C=O) groups excluding carboxylic acids is 1. The highest BCUT2D eigenvalue weighted by Gasteiger charge is 2.46. The molecule has 4 saturated carbocycles. The minimum Gasteiger partial charge on any atom is -0.379 e. The third kappa shape index (κ3) is 3.06. The van der Waals surface area contributed by atoms with Gasteiger partial charge in [0.15, 0.2) is 0 Å². The van der Waals surface area contributed by atoms with Gasteiger partial charge in [-0.15, -0.1) is 0 Å². The average molecular weight is 305 g/mol. The Hall–Kier alpha value is -0.940. The summed E-state index contributed by atoms with van der Waals surface area (Å²) in [4.78, 5) is 14.3. The first kappa shape index (κ1) is 14.6. The van der Waals surface area contributed by atoms with Crippen molar-refractivity contribution in [3.8, 4) is 0 Å². The number of nitrogens with one attached hydrogen (secondary N) is 1. The van der Waals surface area contributed by atoms with E-state index >= 15 is 0 Å². The van der Waals surface area contributed by atoms with Gasteiger partial charge in [0.25, 0.3) is 0 Å².